The van der Waals surface area contributed by atoms with Gasteiger partial charge in [0.1, 0.15) is 17.2 Å². The number of anilines is 2. The van der Waals surface area contributed by atoms with Crippen LogP contribution in [0.25, 0.3) is 21.9 Å². The highest BCUT2D eigenvalue weighted by Crippen LogP contribution is 2.39. The number of rotatable bonds is 9. The van der Waals surface area contributed by atoms with Gasteiger partial charge in [0.25, 0.3) is 0 Å². The summed E-state index contributed by atoms with van der Waals surface area (Å²) in [6.07, 6.45) is 9.91. The lowest BCUT2D eigenvalue weighted by atomic mass is 9.97. The van der Waals surface area contributed by atoms with Crippen molar-refractivity contribution in [1.29, 1.82) is 0 Å². The minimum atomic E-state index is -1.50. The third kappa shape index (κ3) is 9.89. The second-order valence-corrected chi connectivity index (χ2v) is 14.8. The van der Waals surface area contributed by atoms with Crippen LogP contribution in [0, 0.1) is 5.92 Å². The Labute approximate surface area is 285 Å². The molecule has 10 heteroatoms. The zero-order chi connectivity index (χ0) is 33.8. The zero-order valence-electron chi connectivity index (χ0n) is 28.2. The number of aliphatic hydroxyl groups is 2. The van der Waals surface area contributed by atoms with Crippen LogP contribution < -0.4 is 15.4 Å². The first-order chi connectivity index (χ1) is 22.2. The molecule has 1 aliphatic carbocycles. The lowest BCUT2D eigenvalue weighted by molar-refractivity contribution is -0.127. The maximum Gasteiger partial charge on any atom is 0.224 e. The number of nitrogens with one attached hydrogen (secondary N) is 2. The number of halogens is 1. The van der Waals surface area contributed by atoms with Gasteiger partial charge in [-0.3, -0.25) is 0 Å². The van der Waals surface area contributed by atoms with Crippen molar-refractivity contribution in [2.24, 2.45) is 5.92 Å². The number of fused-ring (bicyclic) bond motifs is 2. The fraction of sp³-hybridized carbons (Fsp3) is 0.432. The van der Waals surface area contributed by atoms with E-state index in [-0.39, 0.29) is 5.54 Å². The van der Waals surface area contributed by atoms with Gasteiger partial charge in [0.2, 0.25) is 5.95 Å². The highest BCUT2D eigenvalue weighted by Gasteiger charge is 2.27. The first-order valence-electron chi connectivity index (χ1n) is 16.3. The van der Waals surface area contributed by atoms with Crippen molar-refractivity contribution in [3.05, 3.63) is 82.6 Å². The number of ether oxygens (including phenoxy) is 1. The average Bonchev–Trinajstić information content (AvgIpc) is 3.64. The zero-order valence-corrected chi connectivity index (χ0v) is 29.8. The van der Waals surface area contributed by atoms with Crippen LogP contribution in [0.5, 0.6) is 5.75 Å². The van der Waals surface area contributed by atoms with E-state index in [0.29, 0.717) is 24.5 Å². The number of hydrogen-bond donors (Lipinski definition) is 4. The topological polar surface area (TPSA) is 117 Å². The molecular weight excluding hydrogens is 656 g/mol. The minimum Gasteiger partial charge on any atom is -0.497 e. The molecule has 1 fully saturated rings. The Hall–Kier alpha value is -3.73. The monoisotopic (exact) mass is 702 g/mol. The molecule has 0 spiro atoms. The van der Waals surface area contributed by atoms with Crippen molar-refractivity contribution in [1.82, 2.24) is 19.5 Å². The smallest absolute Gasteiger partial charge is 0.224 e. The number of benzene rings is 2. The van der Waals surface area contributed by atoms with E-state index in [1.54, 1.807) is 7.11 Å². The summed E-state index contributed by atoms with van der Waals surface area (Å²) in [4.78, 5) is 14.4. The van der Waals surface area contributed by atoms with Crippen LogP contribution in [0.1, 0.15) is 77.5 Å². The Morgan fingerprint density at radius 1 is 0.957 bits per heavy atom. The molecule has 0 bridgehead atoms. The van der Waals surface area contributed by atoms with Gasteiger partial charge in [-0.1, -0.05) is 28.1 Å². The van der Waals surface area contributed by atoms with Gasteiger partial charge in [-0.2, -0.15) is 4.98 Å². The lowest BCUT2D eigenvalue weighted by Crippen LogP contribution is -2.26. The fourth-order valence-electron chi connectivity index (χ4n) is 6.00. The van der Waals surface area contributed by atoms with Crippen molar-refractivity contribution in [3.63, 3.8) is 0 Å². The molecule has 2 aromatic carbocycles. The molecule has 6 rings (SSSR count). The van der Waals surface area contributed by atoms with Crippen molar-refractivity contribution in [3.8, 4) is 5.75 Å². The third-order valence-electron chi connectivity index (χ3n) is 8.15. The van der Waals surface area contributed by atoms with E-state index in [2.05, 4.69) is 106 Å². The number of aryl methyl sites for hydroxylation is 1. The van der Waals surface area contributed by atoms with Gasteiger partial charge in [-0.05, 0) is 126 Å². The number of methoxy groups -OCH3 is 1. The molecule has 0 amide bonds. The molecule has 0 saturated heterocycles. The molecule has 0 aliphatic heterocycles. The molecule has 4 N–H and O–H groups in total. The van der Waals surface area contributed by atoms with Gasteiger partial charge in [0.15, 0.2) is 5.79 Å². The number of nitrogens with zero attached hydrogens (tertiary/aromatic N) is 4. The Morgan fingerprint density at radius 3 is 2.40 bits per heavy atom. The summed E-state index contributed by atoms with van der Waals surface area (Å²) in [5.74, 6) is 1.62. The van der Waals surface area contributed by atoms with Gasteiger partial charge in [-0.25, -0.2) is 9.97 Å². The van der Waals surface area contributed by atoms with Crippen molar-refractivity contribution in [2.75, 3.05) is 17.7 Å². The molecule has 0 radical (unpaired) electrons. The molecule has 250 valence electrons. The summed E-state index contributed by atoms with van der Waals surface area (Å²) in [5, 5.41) is 25.3. The normalized spacial score (nSPS) is 16.6. The van der Waals surface area contributed by atoms with Crippen LogP contribution in [0.2, 0.25) is 0 Å². The van der Waals surface area contributed by atoms with Crippen LogP contribution in [0.3, 0.4) is 0 Å². The van der Waals surface area contributed by atoms with E-state index in [1.807, 2.05) is 18.3 Å². The predicted octanol–water partition coefficient (Wildman–Crippen LogP) is 8.25. The van der Waals surface area contributed by atoms with Gasteiger partial charge in [0.05, 0.1) is 12.6 Å². The highest BCUT2D eigenvalue weighted by molar-refractivity contribution is 9.10. The Morgan fingerprint density at radius 2 is 1.70 bits per heavy atom. The minimum absolute atomic E-state index is 0.0235. The quantitative estimate of drug-likeness (QED) is 0.113. The van der Waals surface area contributed by atoms with Crippen molar-refractivity contribution in [2.45, 2.75) is 90.6 Å². The van der Waals surface area contributed by atoms with E-state index in [4.69, 9.17) is 24.9 Å². The van der Waals surface area contributed by atoms with Crippen LogP contribution >= 0.6 is 15.9 Å². The lowest BCUT2D eigenvalue weighted by Gasteiger charge is -2.21. The number of aromatic nitrogens is 4. The second-order valence-electron chi connectivity index (χ2n) is 14.0. The summed E-state index contributed by atoms with van der Waals surface area (Å²) in [5.41, 5.74) is 4.52. The fourth-order valence-corrected chi connectivity index (χ4v) is 6.56. The molecule has 3 heterocycles. The summed E-state index contributed by atoms with van der Waals surface area (Å²) in [6, 6.07) is 19.3. The molecule has 2 unspecified atom stereocenters. The van der Waals surface area contributed by atoms with Crippen LogP contribution in [0.4, 0.5) is 11.8 Å². The maximum atomic E-state index is 8.08. The van der Waals surface area contributed by atoms with E-state index in [0.717, 1.165) is 45.5 Å². The number of hydrogen-bond acceptors (Lipinski definition) is 8. The first-order valence-corrected chi connectivity index (χ1v) is 17.1. The highest BCUT2D eigenvalue weighted by atomic mass is 79.9. The molecule has 3 aromatic heterocycles. The summed E-state index contributed by atoms with van der Waals surface area (Å²) >= 11 is 3.83. The van der Waals surface area contributed by atoms with Crippen molar-refractivity contribution >= 4 is 49.6 Å². The Bertz CT molecular complexity index is 1790. The Balaban J connectivity index is 0.000000807. The van der Waals surface area contributed by atoms with Gasteiger partial charge < -0.3 is 30.2 Å². The average molecular weight is 704 g/mol. The third-order valence-corrected chi connectivity index (χ3v) is 8.89. The molecule has 9 nitrogen and oxygen atoms in total. The molecule has 5 aromatic rings. The van der Waals surface area contributed by atoms with Crippen molar-refractivity contribution < 1.29 is 14.9 Å². The molecule has 1 aliphatic rings. The summed E-state index contributed by atoms with van der Waals surface area (Å²) in [6.45, 7) is 9.73. The molecule has 2 atom stereocenters. The summed E-state index contributed by atoms with van der Waals surface area (Å²) < 4.78 is 8.80. The van der Waals surface area contributed by atoms with Crippen LogP contribution in [-0.2, 0) is 13.0 Å². The maximum absolute atomic E-state index is 8.08. The van der Waals surface area contributed by atoms with Crippen LogP contribution in [0.15, 0.2) is 71.5 Å². The van der Waals surface area contributed by atoms with Gasteiger partial charge >= 0.3 is 0 Å². The Kier molecular flexibility index (Phi) is 10.7. The number of pyridine rings is 1. The predicted molar refractivity (Wildman–Crippen MR) is 194 cm³/mol. The standard InChI is InChI=1S/C34H39BrN6O.C3H8O2/c1-34(2,3)40-31-14-10-25-18-29(35)24(19-30(25)38-31)9-5-22-6-11-27(17-22)41-16-15-26-21-37-33(39-32(26)41)36-20-23-7-12-28(42-4)13-8-23;1-3(2,4)5/h7-8,10,12-16,18-19,21-22,27H,5-6,9,11,17,20H2,1-4H3,(H,38,40)(H,36,37,39);4-5H,1-2H3. The van der Waals surface area contributed by atoms with E-state index in [9.17, 15) is 0 Å². The molecular formula is C37H47BrN6O3. The molecule has 1 saturated carbocycles. The van der Waals surface area contributed by atoms with Crippen LogP contribution in [-0.4, -0.2) is 48.2 Å². The summed E-state index contributed by atoms with van der Waals surface area (Å²) in [7, 11) is 1.68. The first kappa shape index (κ1) is 34.6. The van der Waals surface area contributed by atoms with Gasteiger partial charge in [0, 0.05) is 45.8 Å². The largest absolute Gasteiger partial charge is 0.497 e. The molecule has 47 heavy (non-hydrogen) atoms. The van der Waals surface area contributed by atoms with E-state index >= 15 is 0 Å². The second kappa shape index (κ2) is 14.6. The van der Waals surface area contributed by atoms with Gasteiger partial charge in [-0.15, -0.1) is 0 Å². The van der Waals surface area contributed by atoms with E-state index < -0.39 is 5.79 Å². The SMILES string of the molecule is CC(C)(O)O.COc1ccc(CNc2ncc3ccn(C4CCC(CCc5cc6nc(NC(C)(C)C)ccc6cc5Br)C4)c3n2)cc1. The van der Waals surface area contributed by atoms with E-state index in [1.165, 1.54) is 49.6 Å².